The average Bonchev–Trinajstić information content (AvgIpc) is 3.44. The third-order valence-electron chi connectivity index (χ3n) is 11.7. The number of hydrogen-bond acceptors (Lipinski definition) is 8. The Labute approximate surface area is 321 Å². The van der Waals surface area contributed by atoms with E-state index in [2.05, 4.69) is 27.0 Å². The number of nitrogens with zero attached hydrogens (tertiary/aromatic N) is 5. The summed E-state index contributed by atoms with van der Waals surface area (Å²) in [5.41, 5.74) is 3.38. The van der Waals surface area contributed by atoms with Crippen molar-refractivity contribution in [1.82, 2.24) is 24.8 Å². The smallest absolute Gasteiger partial charge is 0.226 e. The molecular weight excluding hydrogens is 730 g/mol. The van der Waals surface area contributed by atoms with Crippen LogP contribution in [0, 0.1) is 29.0 Å². The van der Waals surface area contributed by atoms with Crippen molar-refractivity contribution in [1.29, 1.82) is 5.26 Å². The number of fused-ring (bicyclic) bond motifs is 4. The molecule has 2 saturated carbocycles. The summed E-state index contributed by atoms with van der Waals surface area (Å²) in [5.74, 6) is 0.904. The van der Waals surface area contributed by atoms with Crippen LogP contribution in [0.3, 0.4) is 0 Å². The van der Waals surface area contributed by atoms with E-state index in [1.165, 1.54) is 0 Å². The number of amides is 1. The van der Waals surface area contributed by atoms with Crippen LogP contribution in [-0.2, 0) is 11.2 Å². The van der Waals surface area contributed by atoms with Crippen molar-refractivity contribution < 1.29 is 23.8 Å². The SMILES string of the molecule is COc1ccc(O[C@H]2C[C@H](c3cc4c([C@@H](C)O)nc5c(F)c(-c6cccc(Cl)c6Cl)c(CCC#N)cc5c4n3[C@H]3[C@H]4CN[C@@H]3C4)N(C(=O)C3CC3)C2)cn1. The minimum Gasteiger partial charge on any atom is -0.487 e. The second-order valence-electron chi connectivity index (χ2n) is 15.0. The Balaban J connectivity index is 1.27. The molecule has 3 saturated heterocycles. The van der Waals surface area contributed by atoms with E-state index in [4.69, 9.17) is 37.7 Å². The number of likely N-dealkylation sites (tertiary alicyclic amines) is 1. The van der Waals surface area contributed by atoms with Crippen LogP contribution in [0.15, 0.2) is 48.7 Å². The molecule has 3 aromatic heterocycles. The Morgan fingerprint density at radius 1 is 1.19 bits per heavy atom. The molecule has 6 heterocycles. The van der Waals surface area contributed by atoms with Gasteiger partial charge in [-0.2, -0.15) is 5.26 Å². The quantitative estimate of drug-likeness (QED) is 0.147. The number of benzene rings is 2. The molecule has 5 aliphatic rings. The minimum absolute atomic E-state index is 0.0164. The Morgan fingerprint density at radius 2 is 2.02 bits per heavy atom. The lowest BCUT2D eigenvalue weighted by atomic mass is 9.79. The number of nitrogens with one attached hydrogen (secondary N) is 1. The summed E-state index contributed by atoms with van der Waals surface area (Å²) in [7, 11) is 1.56. The lowest BCUT2D eigenvalue weighted by molar-refractivity contribution is -0.133. The molecule has 54 heavy (non-hydrogen) atoms. The first-order chi connectivity index (χ1) is 26.2. The highest BCUT2D eigenvalue weighted by Gasteiger charge is 2.51. The molecule has 2 bridgehead atoms. The maximum absolute atomic E-state index is 17.4. The van der Waals surface area contributed by atoms with Crippen molar-refractivity contribution in [2.24, 2.45) is 11.8 Å². The molecule has 6 atom stereocenters. The number of aryl methyl sites for hydroxylation is 1. The summed E-state index contributed by atoms with van der Waals surface area (Å²) < 4.78 is 31.4. The highest BCUT2D eigenvalue weighted by atomic mass is 35.5. The zero-order valence-electron chi connectivity index (χ0n) is 29.9. The number of aliphatic hydroxyl groups is 1. The van der Waals surface area contributed by atoms with Crippen LogP contribution in [0.5, 0.6) is 11.6 Å². The number of ether oxygens (including phenoxy) is 2. The zero-order chi connectivity index (χ0) is 37.4. The Bertz CT molecular complexity index is 2340. The number of aliphatic hydroxyl groups excluding tert-OH is 1. The lowest BCUT2D eigenvalue weighted by Crippen LogP contribution is -2.41. The standard InChI is InChI=1S/C41H39Cl2FN6O4/c1-20(51)37-28-16-32(31-15-25(19-49(31)41(52)21-8-9-21)54-24-10-11-33(53-2)47-18-24)50(39-23-14-30(39)46-17-23)40(28)27-13-22(5-4-12-45)34(36(44)38(27)48-37)26-6-3-7-29(42)35(26)43/h3,6-7,10-11,13,16,18,20-21,23,25,30-31,39,46,51H,4-5,8-9,14-15,17,19H2,1-2H3/t20-,23-,25+,30-,31-,39+/m1/s1. The van der Waals surface area contributed by atoms with Gasteiger partial charge < -0.3 is 29.4 Å². The number of carbonyl (C=O) groups excluding carboxylic acids is 1. The van der Waals surface area contributed by atoms with Gasteiger partial charge in [0.2, 0.25) is 11.8 Å². The van der Waals surface area contributed by atoms with E-state index >= 15 is 4.39 Å². The first kappa shape index (κ1) is 35.2. The van der Waals surface area contributed by atoms with Gasteiger partial charge in [0, 0.05) is 65.0 Å². The van der Waals surface area contributed by atoms with Gasteiger partial charge in [-0.3, -0.25) is 4.79 Å². The fraction of sp³-hybridized carbons (Fsp3) is 0.415. The summed E-state index contributed by atoms with van der Waals surface area (Å²) >= 11 is 13.1. The van der Waals surface area contributed by atoms with E-state index in [9.17, 15) is 15.2 Å². The summed E-state index contributed by atoms with van der Waals surface area (Å²) in [6.45, 7) is 2.90. The van der Waals surface area contributed by atoms with Crippen LogP contribution >= 0.6 is 23.2 Å². The van der Waals surface area contributed by atoms with Gasteiger partial charge in [0.25, 0.3) is 0 Å². The molecule has 10 rings (SSSR count). The molecule has 2 aromatic carbocycles. The van der Waals surface area contributed by atoms with Crippen LogP contribution < -0.4 is 14.8 Å². The van der Waals surface area contributed by atoms with E-state index < -0.39 is 11.9 Å². The molecule has 5 fully saturated rings. The first-order valence-corrected chi connectivity index (χ1v) is 19.3. The van der Waals surface area contributed by atoms with Gasteiger partial charge in [0.1, 0.15) is 17.4 Å². The monoisotopic (exact) mass is 768 g/mol. The number of halogens is 3. The number of carbonyl (C=O) groups is 1. The molecule has 13 heteroatoms. The lowest BCUT2D eigenvalue weighted by Gasteiger charge is -2.39. The van der Waals surface area contributed by atoms with Crippen molar-refractivity contribution in [2.45, 2.75) is 75.8 Å². The fourth-order valence-corrected chi connectivity index (χ4v) is 9.41. The summed E-state index contributed by atoms with van der Waals surface area (Å²) in [4.78, 5) is 25.2. The Kier molecular flexibility index (Phi) is 8.93. The molecule has 2 aliphatic carbocycles. The van der Waals surface area contributed by atoms with Gasteiger partial charge in [-0.15, -0.1) is 0 Å². The average molecular weight is 770 g/mol. The highest BCUT2D eigenvalue weighted by Crippen LogP contribution is 2.52. The number of nitriles is 1. The molecule has 5 aromatic rings. The van der Waals surface area contributed by atoms with E-state index in [-0.39, 0.29) is 70.0 Å². The molecule has 0 radical (unpaired) electrons. The number of rotatable bonds is 10. The zero-order valence-corrected chi connectivity index (χ0v) is 31.4. The predicted octanol–water partition coefficient (Wildman–Crippen LogP) is 7.88. The Morgan fingerprint density at radius 3 is 2.69 bits per heavy atom. The second-order valence-corrected chi connectivity index (χ2v) is 15.8. The predicted molar refractivity (Wildman–Crippen MR) is 203 cm³/mol. The van der Waals surface area contributed by atoms with Crippen LogP contribution in [0.2, 0.25) is 10.0 Å². The maximum atomic E-state index is 17.4. The third kappa shape index (κ3) is 5.77. The third-order valence-corrected chi connectivity index (χ3v) is 12.5. The second kappa shape index (κ2) is 13.7. The molecular formula is C41H39Cl2FN6O4. The largest absolute Gasteiger partial charge is 0.487 e. The van der Waals surface area contributed by atoms with Crippen molar-refractivity contribution in [3.05, 3.63) is 81.5 Å². The van der Waals surface area contributed by atoms with Gasteiger partial charge in [-0.1, -0.05) is 35.3 Å². The van der Waals surface area contributed by atoms with Crippen molar-refractivity contribution in [3.8, 4) is 28.8 Å². The normalized spacial score (nSPS) is 23.8. The number of pyridine rings is 2. The van der Waals surface area contributed by atoms with Gasteiger partial charge in [-0.05, 0) is 68.4 Å². The van der Waals surface area contributed by atoms with Crippen LogP contribution in [0.25, 0.3) is 32.9 Å². The minimum atomic E-state index is -1.03. The molecule has 0 unspecified atom stereocenters. The van der Waals surface area contributed by atoms with E-state index in [0.29, 0.717) is 58.1 Å². The highest BCUT2D eigenvalue weighted by molar-refractivity contribution is 6.43. The van der Waals surface area contributed by atoms with Gasteiger partial charge >= 0.3 is 0 Å². The van der Waals surface area contributed by atoms with Gasteiger partial charge in [-0.25, -0.2) is 14.4 Å². The van der Waals surface area contributed by atoms with E-state index in [1.807, 2.05) is 17.0 Å². The number of methoxy groups -OCH3 is 1. The van der Waals surface area contributed by atoms with E-state index in [1.54, 1.807) is 44.5 Å². The maximum Gasteiger partial charge on any atom is 0.226 e. The summed E-state index contributed by atoms with van der Waals surface area (Å²) in [5, 5.41) is 26.4. The van der Waals surface area contributed by atoms with Crippen molar-refractivity contribution in [2.75, 3.05) is 20.2 Å². The number of aromatic nitrogens is 3. The van der Waals surface area contributed by atoms with E-state index in [0.717, 1.165) is 37.0 Å². The van der Waals surface area contributed by atoms with Crippen LogP contribution in [0.1, 0.15) is 74.2 Å². The molecule has 0 spiro atoms. The van der Waals surface area contributed by atoms with Crippen molar-refractivity contribution in [3.63, 3.8) is 0 Å². The molecule has 1 amide bonds. The summed E-state index contributed by atoms with van der Waals surface area (Å²) in [6, 6.07) is 14.7. The van der Waals surface area contributed by atoms with Crippen LogP contribution in [0.4, 0.5) is 4.39 Å². The van der Waals surface area contributed by atoms with Crippen LogP contribution in [-0.4, -0.2) is 62.8 Å². The van der Waals surface area contributed by atoms with Crippen molar-refractivity contribution >= 4 is 50.9 Å². The molecule has 3 aliphatic heterocycles. The van der Waals surface area contributed by atoms with Gasteiger partial charge in [0.15, 0.2) is 5.82 Å². The molecule has 278 valence electrons. The number of hydrogen-bond donors (Lipinski definition) is 2. The topological polar surface area (TPSA) is 126 Å². The van der Waals surface area contributed by atoms with Gasteiger partial charge in [0.05, 0.1) is 65.4 Å². The molecule has 10 nitrogen and oxygen atoms in total. The first-order valence-electron chi connectivity index (χ1n) is 18.6. The fourth-order valence-electron chi connectivity index (χ4n) is 9.01. The Hall–Kier alpha value is -4.47. The summed E-state index contributed by atoms with van der Waals surface area (Å²) in [6.07, 6.45) is 4.00. The molecule has 2 N–H and O–H groups in total.